The number of aryl methyl sites for hydroxylation is 1. The Bertz CT molecular complexity index is 1130. The third kappa shape index (κ3) is 5.16. The molecule has 1 saturated heterocycles. The Balaban J connectivity index is 0.00000324. The van der Waals surface area contributed by atoms with Gasteiger partial charge in [-0.15, -0.1) is 12.4 Å². The van der Waals surface area contributed by atoms with Crippen molar-refractivity contribution in [3.05, 3.63) is 52.6 Å². The zero-order valence-electron chi connectivity index (χ0n) is 19.2. The lowest BCUT2D eigenvalue weighted by Gasteiger charge is -2.41. The van der Waals surface area contributed by atoms with E-state index in [0.717, 1.165) is 0 Å². The molecular formula is C23H28Cl2N6O3. The Morgan fingerprint density at radius 2 is 2.12 bits per heavy atom. The standard InChI is InChI=1S/C23H27ClN6O3.ClH/c1-13-11-26-12-18(27-13)21(32)28-17-6-4-5-16(20(17)24)23(3)10-19(31)30(22(25)29-23)15-7-8-33-14(2)9-15;/h4-6,11-12,14-15H,7-10H2,1-3H3,(H2,25,29)(H,28,32);1H/t14-,15-,23+;/m1./s1. The largest absolute Gasteiger partial charge is 0.378 e. The minimum atomic E-state index is -0.963. The van der Waals surface area contributed by atoms with Gasteiger partial charge in [0.2, 0.25) is 5.91 Å². The predicted molar refractivity (Wildman–Crippen MR) is 132 cm³/mol. The number of hydrogen-bond donors (Lipinski definition) is 2. The number of guanidine groups is 1. The minimum Gasteiger partial charge on any atom is -0.378 e. The third-order valence-electron chi connectivity index (χ3n) is 6.01. The fourth-order valence-corrected chi connectivity index (χ4v) is 4.79. The van der Waals surface area contributed by atoms with E-state index in [9.17, 15) is 9.59 Å². The second-order valence-corrected chi connectivity index (χ2v) is 9.09. The number of ether oxygens (including phenoxy) is 1. The van der Waals surface area contributed by atoms with Crippen molar-refractivity contribution < 1.29 is 14.3 Å². The predicted octanol–water partition coefficient (Wildman–Crippen LogP) is 3.44. The fraction of sp³-hybridized carbons (Fsp3) is 0.435. The Kier molecular flexibility index (Phi) is 7.80. The zero-order valence-corrected chi connectivity index (χ0v) is 20.8. The number of aliphatic imine (C=N–C) groups is 1. The average Bonchev–Trinajstić information content (AvgIpc) is 2.74. The molecule has 1 fully saturated rings. The van der Waals surface area contributed by atoms with Crippen LogP contribution in [-0.2, 0) is 15.1 Å². The molecule has 2 aromatic rings. The monoisotopic (exact) mass is 506 g/mol. The number of benzene rings is 1. The van der Waals surface area contributed by atoms with E-state index in [0.29, 0.717) is 41.4 Å². The van der Waals surface area contributed by atoms with Crippen LogP contribution in [0.15, 0.2) is 35.6 Å². The van der Waals surface area contributed by atoms with Crippen LogP contribution in [0.5, 0.6) is 0 Å². The van der Waals surface area contributed by atoms with Crippen LogP contribution in [0.3, 0.4) is 0 Å². The van der Waals surface area contributed by atoms with Crippen LogP contribution >= 0.6 is 24.0 Å². The highest BCUT2D eigenvalue weighted by molar-refractivity contribution is 6.34. The molecule has 1 aromatic carbocycles. The number of carbonyl (C=O) groups is 2. The van der Waals surface area contributed by atoms with Crippen LogP contribution in [0, 0.1) is 6.92 Å². The van der Waals surface area contributed by atoms with Crippen molar-refractivity contribution in [3.8, 4) is 0 Å². The molecule has 9 nitrogen and oxygen atoms in total. The molecule has 0 bridgehead atoms. The first-order valence-corrected chi connectivity index (χ1v) is 11.2. The maximum atomic E-state index is 13.2. The molecule has 3 heterocycles. The second kappa shape index (κ2) is 10.2. The number of hydrogen-bond acceptors (Lipinski definition) is 7. The van der Waals surface area contributed by atoms with Gasteiger partial charge in [-0.1, -0.05) is 23.7 Å². The van der Waals surface area contributed by atoms with Gasteiger partial charge in [0.15, 0.2) is 5.96 Å². The summed E-state index contributed by atoms with van der Waals surface area (Å²) in [4.78, 5) is 40.3. The number of nitrogens with one attached hydrogen (secondary N) is 1. The number of anilines is 1. The van der Waals surface area contributed by atoms with Crippen LogP contribution in [0.2, 0.25) is 5.02 Å². The molecular weight excluding hydrogens is 479 g/mol. The molecule has 0 unspecified atom stereocenters. The summed E-state index contributed by atoms with van der Waals surface area (Å²) in [5.41, 5.74) is 7.15. The Morgan fingerprint density at radius 3 is 2.79 bits per heavy atom. The maximum Gasteiger partial charge on any atom is 0.275 e. The van der Waals surface area contributed by atoms with Crippen LogP contribution in [-0.4, -0.2) is 51.4 Å². The third-order valence-corrected chi connectivity index (χ3v) is 6.42. The SMILES string of the molecule is Cc1cncc(C(=O)Nc2cccc([C@]3(C)CC(=O)N([C@@H]4CCO[C@H](C)C4)C(N)=N3)c2Cl)n1.Cl. The van der Waals surface area contributed by atoms with Gasteiger partial charge in [-0.25, -0.2) is 9.98 Å². The molecule has 0 radical (unpaired) electrons. The van der Waals surface area contributed by atoms with Gasteiger partial charge < -0.3 is 15.8 Å². The molecule has 2 aliphatic heterocycles. The summed E-state index contributed by atoms with van der Waals surface area (Å²) in [6.07, 6.45) is 4.55. The van der Waals surface area contributed by atoms with Crippen molar-refractivity contribution in [3.63, 3.8) is 0 Å². The normalized spacial score (nSPS) is 24.8. The maximum absolute atomic E-state index is 13.2. The zero-order chi connectivity index (χ0) is 23.8. The van der Waals surface area contributed by atoms with Gasteiger partial charge in [0.05, 0.1) is 40.7 Å². The molecule has 0 spiro atoms. The molecule has 0 aliphatic carbocycles. The fourth-order valence-electron chi connectivity index (χ4n) is 4.41. The molecule has 2 aliphatic rings. The molecule has 3 N–H and O–H groups in total. The van der Waals surface area contributed by atoms with Crippen LogP contribution in [0.4, 0.5) is 5.69 Å². The van der Waals surface area contributed by atoms with Crippen molar-refractivity contribution >= 4 is 47.5 Å². The summed E-state index contributed by atoms with van der Waals surface area (Å²) < 4.78 is 5.60. The minimum absolute atomic E-state index is 0. The van der Waals surface area contributed by atoms with E-state index >= 15 is 0 Å². The van der Waals surface area contributed by atoms with Crippen molar-refractivity contribution in [2.75, 3.05) is 11.9 Å². The molecule has 182 valence electrons. The van der Waals surface area contributed by atoms with E-state index < -0.39 is 11.4 Å². The number of carbonyl (C=O) groups excluding carboxylic acids is 2. The van der Waals surface area contributed by atoms with Gasteiger partial charge in [0.25, 0.3) is 5.91 Å². The molecule has 0 saturated carbocycles. The van der Waals surface area contributed by atoms with Gasteiger partial charge in [-0.2, -0.15) is 0 Å². The summed E-state index contributed by atoms with van der Waals surface area (Å²) in [5.74, 6) is -0.365. The highest BCUT2D eigenvalue weighted by atomic mass is 35.5. The van der Waals surface area contributed by atoms with E-state index in [-0.39, 0.29) is 48.5 Å². The molecule has 4 rings (SSSR count). The first-order chi connectivity index (χ1) is 15.7. The second-order valence-electron chi connectivity index (χ2n) is 8.71. The van der Waals surface area contributed by atoms with Gasteiger partial charge in [-0.05, 0) is 39.7 Å². The van der Waals surface area contributed by atoms with Gasteiger partial charge in [0, 0.05) is 24.4 Å². The summed E-state index contributed by atoms with van der Waals surface area (Å²) >= 11 is 6.69. The smallest absolute Gasteiger partial charge is 0.275 e. The molecule has 34 heavy (non-hydrogen) atoms. The summed E-state index contributed by atoms with van der Waals surface area (Å²) in [6.45, 7) is 6.14. The van der Waals surface area contributed by atoms with E-state index in [2.05, 4.69) is 15.3 Å². The Hall–Kier alpha value is -2.75. The lowest BCUT2D eigenvalue weighted by molar-refractivity contribution is -0.133. The van der Waals surface area contributed by atoms with Gasteiger partial charge in [0.1, 0.15) is 5.69 Å². The van der Waals surface area contributed by atoms with Crippen molar-refractivity contribution in [2.45, 2.75) is 57.7 Å². The number of nitrogens with zero attached hydrogens (tertiary/aromatic N) is 4. The topological polar surface area (TPSA) is 123 Å². The van der Waals surface area contributed by atoms with Crippen molar-refractivity contribution in [2.24, 2.45) is 10.7 Å². The molecule has 1 aromatic heterocycles. The van der Waals surface area contributed by atoms with E-state index in [4.69, 9.17) is 27.1 Å². The van der Waals surface area contributed by atoms with Crippen LogP contribution in [0.25, 0.3) is 0 Å². The van der Waals surface area contributed by atoms with Crippen molar-refractivity contribution in [1.29, 1.82) is 0 Å². The quantitative estimate of drug-likeness (QED) is 0.654. The van der Waals surface area contributed by atoms with Gasteiger partial charge in [-0.3, -0.25) is 19.5 Å². The molecule has 11 heteroatoms. The number of amides is 2. The Morgan fingerprint density at radius 1 is 1.35 bits per heavy atom. The summed E-state index contributed by atoms with van der Waals surface area (Å²) in [5, 5.41) is 3.07. The summed E-state index contributed by atoms with van der Waals surface area (Å²) in [6, 6.07) is 5.20. The van der Waals surface area contributed by atoms with Crippen molar-refractivity contribution in [1.82, 2.24) is 14.9 Å². The van der Waals surface area contributed by atoms with E-state index in [1.54, 1.807) is 36.2 Å². The number of halogens is 2. The lowest BCUT2D eigenvalue weighted by Crippen LogP contribution is -2.56. The average molecular weight is 507 g/mol. The first kappa shape index (κ1) is 25.9. The number of nitrogens with two attached hydrogens (primary N) is 1. The highest BCUT2D eigenvalue weighted by Gasteiger charge is 2.42. The van der Waals surface area contributed by atoms with E-state index in [1.807, 2.05) is 13.8 Å². The van der Waals surface area contributed by atoms with Crippen LogP contribution < -0.4 is 11.1 Å². The van der Waals surface area contributed by atoms with Gasteiger partial charge >= 0.3 is 0 Å². The lowest BCUT2D eigenvalue weighted by atomic mass is 9.86. The molecule has 3 atom stereocenters. The number of aromatic nitrogens is 2. The van der Waals surface area contributed by atoms with E-state index in [1.165, 1.54) is 6.20 Å². The number of rotatable bonds is 4. The highest BCUT2D eigenvalue weighted by Crippen LogP contribution is 2.41. The molecule has 2 amide bonds. The summed E-state index contributed by atoms with van der Waals surface area (Å²) in [7, 11) is 0. The first-order valence-electron chi connectivity index (χ1n) is 10.9. The Labute approximate surface area is 209 Å². The van der Waals surface area contributed by atoms with Crippen LogP contribution in [0.1, 0.15) is 54.9 Å².